The summed E-state index contributed by atoms with van der Waals surface area (Å²) in [7, 11) is 0. The number of allylic oxidation sites excluding steroid dienone is 2. The largest absolute Gasteiger partial charge is 0.466 e. The average molecular weight is 1070 g/mol. The number of rotatable bonds is 66. The summed E-state index contributed by atoms with van der Waals surface area (Å²) in [6.07, 6.45) is 81.1. The number of nitrogens with one attached hydrogen (secondary N) is 1. The molecule has 0 aliphatic carbocycles. The van der Waals surface area contributed by atoms with Gasteiger partial charge in [0.05, 0.1) is 25.4 Å². The standard InChI is InChI=1S/C70H137NO5/c1-3-5-7-9-11-13-15-17-18-19-29-32-35-39-42-46-50-54-58-62-68(73)67(66-72)71-69(74)63-59-55-51-47-43-40-36-33-30-27-25-23-21-20-22-24-26-28-31-34-37-41-45-49-53-57-61-65-76-70(75)64-60-56-52-48-44-38-16-14-12-10-8-6-4-2/h14,16,67-68,72-73H,3-13,15,17-66H2,1-2H3,(H,71,74)/b16-14-. The molecule has 0 aliphatic rings. The summed E-state index contributed by atoms with van der Waals surface area (Å²) >= 11 is 0. The van der Waals surface area contributed by atoms with E-state index in [2.05, 4.69) is 31.3 Å². The Hall–Kier alpha value is -1.40. The van der Waals surface area contributed by atoms with Gasteiger partial charge in [-0.25, -0.2) is 0 Å². The molecule has 0 fully saturated rings. The van der Waals surface area contributed by atoms with Gasteiger partial charge in [-0.3, -0.25) is 9.59 Å². The van der Waals surface area contributed by atoms with Crippen LogP contribution in [0.4, 0.5) is 0 Å². The van der Waals surface area contributed by atoms with Gasteiger partial charge < -0.3 is 20.3 Å². The molecule has 0 rings (SSSR count). The van der Waals surface area contributed by atoms with Crippen molar-refractivity contribution in [1.29, 1.82) is 0 Å². The summed E-state index contributed by atoms with van der Waals surface area (Å²) in [4.78, 5) is 24.6. The second-order valence-electron chi connectivity index (χ2n) is 24.2. The number of aliphatic hydroxyl groups excluding tert-OH is 2. The lowest BCUT2D eigenvalue weighted by molar-refractivity contribution is -0.143. The van der Waals surface area contributed by atoms with Crippen LogP contribution in [-0.4, -0.2) is 47.4 Å². The van der Waals surface area contributed by atoms with Crippen LogP contribution in [0.3, 0.4) is 0 Å². The van der Waals surface area contributed by atoms with Gasteiger partial charge in [-0.1, -0.05) is 347 Å². The van der Waals surface area contributed by atoms with Crippen molar-refractivity contribution in [2.75, 3.05) is 13.2 Å². The van der Waals surface area contributed by atoms with E-state index in [-0.39, 0.29) is 18.5 Å². The first-order valence-electron chi connectivity index (χ1n) is 34.9. The summed E-state index contributed by atoms with van der Waals surface area (Å²) in [5, 5.41) is 23.4. The van der Waals surface area contributed by atoms with Crippen molar-refractivity contribution in [3.05, 3.63) is 12.2 Å². The van der Waals surface area contributed by atoms with Crippen LogP contribution in [0.25, 0.3) is 0 Å². The Morgan fingerprint density at radius 2 is 0.618 bits per heavy atom. The predicted octanol–water partition coefficient (Wildman–Crippen LogP) is 22.4. The molecule has 2 unspecified atom stereocenters. The molecule has 1 amide bonds. The zero-order chi connectivity index (χ0) is 55.0. The first-order valence-corrected chi connectivity index (χ1v) is 34.9. The number of carbonyl (C=O) groups is 2. The molecule has 0 bridgehead atoms. The molecule has 0 saturated carbocycles. The van der Waals surface area contributed by atoms with Crippen LogP contribution >= 0.6 is 0 Å². The van der Waals surface area contributed by atoms with E-state index in [9.17, 15) is 19.8 Å². The molecular weight excluding hydrogens is 935 g/mol. The van der Waals surface area contributed by atoms with Crippen molar-refractivity contribution in [2.24, 2.45) is 0 Å². The summed E-state index contributed by atoms with van der Waals surface area (Å²) in [5.41, 5.74) is 0. The van der Waals surface area contributed by atoms with Crippen molar-refractivity contribution in [2.45, 2.75) is 411 Å². The van der Waals surface area contributed by atoms with Crippen LogP contribution in [0, 0.1) is 0 Å². The molecule has 0 aromatic carbocycles. The first-order chi connectivity index (χ1) is 37.5. The number of amides is 1. The van der Waals surface area contributed by atoms with Crippen LogP contribution in [0.5, 0.6) is 0 Å². The normalized spacial score (nSPS) is 12.5. The van der Waals surface area contributed by atoms with Gasteiger partial charge in [-0.15, -0.1) is 0 Å². The van der Waals surface area contributed by atoms with E-state index in [0.29, 0.717) is 25.9 Å². The van der Waals surface area contributed by atoms with Crippen molar-refractivity contribution in [3.8, 4) is 0 Å². The molecule has 76 heavy (non-hydrogen) atoms. The maximum absolute atomic E-state index is 12.5. The van der Waals surface area contributed by atoms with Gasteiger partial charge >= 0.3 is 5.97 Å². The molecule has 2 atom stereocenters. The SMILES string of the molecule is CCCCCC/C=C\CCCCCCCC(=O)OCCCCCCCCCCCCCCCCCCCCCCCCCCCCCC(=O)NC(CO)C(O)CCCCCCCCCCCCCCCCCCCCC. The number of hydrogen-bond donors (Lipinski definition) is 3. The maximum Gasteiger partial charge on any atom is 0.305 e. The minimum atomic E-state index is -0.662. The Balaban J connectivity index is 3.35. The van der Waals surface area contributed by atoms with E-state index < -0.39 is 12.1 Å². The molecule has 0 heterocycles. The lowest BCUT2D eigenvalue weighted by Gasteiger charge is -2.22. The number of unbranched alkanes of at least 4 members (excludes halogenated alkanes) is 53. The minimum absolute atomic E-state index is 0.00973. The van der Waals surface area contributed by atoms with Crippen molar-refractivity contribution >= 4 is 11.9 Å². The lowest BCUT2D eigenvalue weighted by atomic mass is 10.0. The van der Waals surface area contributed by atoms with Crippen molar-refractivity contribution < 1.29 is 24.5 Å². The van der Waals surface area contributed by atoms with Crippen LogP contribution in [0.2, 0.25) is 0 Å². The fourth-order valence-electron chi connectivity index (χ4n) is 11.2. The molecule has 452 valence electrons. The van der Waals surface area contributed by atoms with Gasteiger partial charge in [0.25, 0.3) is 0 Å². The highest BCUT2D eigenvalue weighted by atomic mass is 16.5. The highest BCUT2D eigenvalue weighted by molar-refractivity contribution is 5.76. The number of hydrogen-bond acceptors (Lipinski definition) is 5. The van der Waals surface area contributed by atoms with Gasteiger partial charge in [-0.05, 0) is 51.4 Å². The third-order valence-corrected chi connectivity index (χ3v) is 16.6. The maximum atomic E-state index is 12.5. The first kappa shape index (κ1) is 74.6. The smallest absolute Gasteiger partial charge is 0.305 e. The van der Waals surface area contributed by atoms with Crippen LogP contribution in [0.1, 0.15) is 399 Å². The van der Waals surface area contributed by atoms with Gasteiger partial charge in [0.1, 0.15) is 0 Å². The van der Waals surface area contributed by atoms with E-state index in [1.807, 2.05) is 0 Å². The minimum Gasteiger partial charge on any atom is -0.466 e. The van der Waals surface area contributed by atoms with Crippen molar-refractivity contribution in [1.82, 2.24) is 5.32 Å². The summed E-state index contributed by atoms with van der Waals surface area (Å²) in [6.45, 7) is 4.98. The molecule has 0 aromatic heterocycles. The molecule has 0 radical (unpaired) electrons. The number of esters is 1. The third-order valence-electron chi connectivity index (χ3n) is 16.6. The molecule has 3 N–H and O–H groups in total. The highest BCUT2D eigenvalue weighted by Crippen LogP contribution is 2.19. The number of ether oxygens (including phenoxy) is 1. The monoisotopic (exact) mass is 1070 g/mol. The Labute approximate surface area is 476 Å². The zero-order valence-electron chi connectivity index (χ0n) is 51.8. The van der Waals surface area contributed by atoms with Gasteiger partial charge in [0.15, 0.2) is 0 Å². The van der Waals surface area contributed by atoms with Gasteiger partial charge in [0.2, 0.25) is 5.91 Å². The predicted molar refractivity (Wildman–Crippen MR) is 333 cm³/mol. The fourth-order valence-corrected chi connectivity index (χ4v) is 11.2. The molecule has 0 aromatic rings. The second kappa shape index (κ2) is 66.1. The van der Waals surface area contributed by atoms with E-state index in [1.54, 1.807) is 0 Å². The van der Waals surface area contributed by atoms with E-state index in [0.717, 1.165) is 44.9 Å². The summed E-state index contributed by atoms with van der Waals surface area (Å²) in [6, 6.07) is -0.539. The quantitative estimate of drug-likeness (QED) is 0.0320. The molecular formula is C70H137NO5. The summed E-state index contributed by atoms with van der Waals surface area (Å²) < 4.78 is 5.48. The molecule has 0 spiro atoms. The van der Waals surface area contributed by atoms with Crippen LogP contribution in [0.15, 0.2) is 12.2 Å². The molecule has 0 saturated heterocycles. The van der Waals surface area contributed by atoms with Gasteiger partial charge in [-0.2, -0.15) is 0 Å². The Kier molecular flexibility index (Phi) is 64.9. The van der Waals surface area contributed by atoms with E-state index in [4.69, 9.17) is 4.74 Å². The van der Waals surface area contributed by atoms with Crippen molar-refractivity contribution in [3.63, 3.8) is 0 Å². The van der Waals surface area contributed by atoms with Crippen LogP contribution in [-0.2, 0) is 14.3 Å². The topological polar surface area (TPSA) is 95.9 Å². The highest BCUT2D eigenvalue weighted by Gasteiger charge is 2.20. The van der Waals surface area contributed by atoms with Gasteiger partial charge in [0, 0.05) is 12.8 Å². The number of carbonyl (C=O) groups excluding carboxylic acids is 2. The average Bonchev–Trinajstić information content (AvgIpc) is 3.42. The Morgan fingerprint density at radius 3 is 0.947 bits per heavy atom. The van der Waals surface area contributed by atoms with E-state index in [1.165, 1.54) is 321 Å². The lowest BCUT2D eigenvalue weighted by Crippen LogP contribution is -2.45. The Morgan fingerprint density at radius 1 is 0.355 bits per heavy atom. The fraction of sp³-hybridized carbons (Fsp3) is 0.943. The third kappa shape index (κ3) is 61.8. The molecule has 6 nitrogen and oxygen atoms in total. The number of aliphatic hydroxyl groups is 2. The Bertz CT molecular complexity index is 1140. The van der Waals surface area contributed by atoms with E-state index >= 15 is 0 Å². The molecule has 6 heteroatoms. The zero-order valence-corrected chi connectivity index (χ0v) is 51.8. The summed E-state index contributed by atoms with van der Waals surface area (Å²) in [5.74, 6) is -0.0181. The van der Waals surface area contributed by atoms with Crippen LogP contribution < -0.4 is 5.32 Å². The molecule has 0 aliphatic heterocycles. The second-order valence-corrected chi connectivity index (χ2v) is 24.2.